The van der Waals surface area contributed by atoms with Gasteiger partial charge in [0.05, 0.1) is 26.4 Å². The molecule has 0 aromatic heterocycles. The highest BCUT2D eigenvalue weighted by Crippen LogP contribution is 2.45. The molecule has 0 rings (SSSR count). The monoisotopic (exact) mass is 1720 g/mol. The number of carbonyl (C=O) groups is 3. The Kier molecular flexibility index (Phi) is 88.3. The highest BCUT2D eigenvalue weighted by Gasteiger charge is 2.29. The van der Waals surface area contributed by atoms with Gasteiger partial charge in [0.25, 0.3) is 0 Å². The molecule has 0 saturated heterocycles. The van der Waals surface area contributed by atoms with E-state index >= 15 is 0 Å². The lowest BCUT2D eigenvalue weighted by Gasteiger charge is -2.21. The van der Waals surface area contributed by atoms with Crippen molar-refractivity contribution in [2.45, 2.75) is 373 Å². The number of unbranched alkanes of at least 4 members (excludes halogenated alkanes) is 28. The van der Waals surface area contributed by atoms with Gasteiger partial charge in [-0.2, -0.15) is 0 Å². The van der Waals surface area contributed by atoms with Gasteiger partial charge in [-0.05, 0) is 173 Å². The molecule has 686 valence electrons. The average Bonchev–Trinajstić information content (AvgIpc) is 0.894. The first-order chi connectivity index (χ1) is 59.2. The van der Waals surface area contributed by atoms with Crippen LogP contribution in [0.1, 0.15) is 355 Å². The molecule has 121 heavy (non-hydrogen) atoms. The SMILES string of the molecule is CC/C=C\C/C=C\C/C=C\C/C=C\C/C=C\C/C=C\CCCCCCCCCCCCCCC(=O)OCC(O)COP(=O)(O)OCC(O)COP(=O)(O)OCC(COC(=O)CCCCCCCCCCCC/C=C\C/C=C\C/C=C\C/C=C\C/C=C\C/C=C\CC)OC(=O)CCCCCCCC/C=C\C/C=C\C/C=C\C/C=C\C/C=C\C/C=C\CC. The van der Waals surface area contributed by atoms with Gasteiger partial charge in [0.1, 0.15) is 25.4 Å². The molecule has 0 bridgehead atoms. The molecule has 0 aliphatic heterocycles. The van der Waals surface area contributed by atoms with Gasteiger partial charge in [0, 0.05) is 19.3 Å². The van der Waals surface area contributed by atoms with Crippen LogP contribution in [-0.2, 0) is 55.8 Å². The van der Waals surface area contributed by atoms with E-state index in [9.17, 15) is 43.5 Å². The second kappa shape index (κ2) is 93.0. The predicted molar refractivity (Wildman–Crippen MR) is 509 cm³/mol. The van der Waals surface area contributed by atoms with Gasteiger partial charge in [-0.25, -0.2) is 9.13 Å². The zero-order valence-corrected chi connectivity index (χ0v) is 77.4. The highest BCUT2D eigenvalue weighted by molar-refractivity contribution is 7.47. The van der Waals surface area contributed by atoms with Gasteiger partial charge in [-0.1, -0.05) is 381 Å². The molecule has 0 fully saturated rings. The Bertz CT molecular complexity index is 3080. The summed E-state index contributed by atoms with van der Waals surface area (Å²) in [5.41, 5.74) is 0. The van der Waals surface area contributed by atoms with Crippen LogP contribution in [0.4, 0.5) is 0 Å². The van der Waals surface area contributed by atoms with Crippen LogP contribution in [0.2, 0.25) is 0 Å². The minimum Gasteiger partial charge on any atom is -0.463 e. The molecule has 0 aromatic carbocycles. The molecule has 0 heterocycles. The first kappa shape index (κ1) is 115. The molecule has 5 unspecified atom stereocenters. The number of aliphatic hydroxyl groups is 2. The summed E-state index contributed by atoms with van der Waals surface area (Å²) in [7, 11) is -9.83. The molecular weight excluding hydrogens is 1560 g/mol. The molecule has 16 nitrogen and oxygen atoms in total. The fourth-order valence-corrected chi connectivity index (χ4v) is 13.8. The van der Waals surface area contributed by atoms with E-state index in [1.807, 2.05) is 0 Å². The molecule has 0 aliphatic rings. The van der Waals surface area contributed by atoms with Crippen LogP contribution in [0.3, 0.4) is 0 Å². The van der Waals surface area contributed by atoms with Crippen molar-refractivity contribution in [1.82, 2.24) is 0 Å². The van der Waals surface area contributed by atoms with Gasteiger partial charge < -0.3 is 34.2 Å². The lowest BCUT2D eigenvalue weighted by atomic mass is 10.0. The number of phosphoric acid groups is 2. The third kappa shape index (κ3) is 94.4. The third-order valence-corrected chi connectivity index (χ3v) is 21.1. The van der Waals surface area contributed by atoms with Crippen molar-refractivity contribution in [3.8, 4) is 0 Å². The van der Waals surface area contributed by atoms with Crippen LogP contribution in [0, 0.1) is 0 Å². The summed E-state index contributed by atoms with van der Waals surface area (Å²) in [5.74, 6) is -1.60. The van der Waals surface area contributed by atoms with E-state index in [0.29, 0.717) is 19.3 Å². The van der Waals surface area contributed by atoms with Crippen LogP contribution in [0.25, 0.3) is 0 Å². The first-order valence-corrected chi connectivity index (χ1v) is 50.0. The van der Waals surface area contributed by atoms with Crippen LogP contribution in [0.5, 0.6) is 0 Å². The van der Waals surface area contributed by atoms with Crippen LogP contribution < -0.4 is 0 Å². The van der Waals surface area contributed by atoms with E-state index in [2.05, 4.69) is 240 Å². The quantitative estimate of drug-likeness (QED) is 0.0146. The number of hydrogen-bond acceptors (Lipinski definition) is 14. The van der Waals surface area contributed by atoms with Crippen LogP contribution in [0.15, 0.2) is 219 Å². The highest BCUT2D eigenvalue weighted by atomic mass is 31.2. The van der Waals surface area contributed by atoms with Crippen molar-refractivity contribution in [2.24, 2.45) is 0 Å². The Labute approximate surface area is 736 Å². The zero-order chi connectivity index (χ0) is 87.9. The summed E-state index contributed by atoms with van der Waals surface area (Å²) in [4.78, 5) is 59.1. The van der Waals surface area contributed by atoms with E-state index in [0.717, 1.165) is 212 Å². The van der Waals surface area contributed by atoms with Gasteiger partial charge in [-0.3, -0.25) is 32.5 Å². The molecule has 18 heteroatoms. The molecule has 5 atom stereocenters. The lowest BCUT2D eigenvalue weighted by molar-refractivity contribution is -0.161. The molecule has 0 spiro atoms. The Morgan fingerprint density at radius 3 is 0.653 bits per heavy atom. The summed E-state index contributed by atoms with van der Waals surface area (Å²) < 4.78 is 61.5. The number of hydrogen-bond donors (Lipinski definition) is 4. The number of ether oxygens (including phenoxy) is 3. The van der Waals surface area contributed by atoms with E-state index in [1.165, 1.54) is 83.5 Å². The molecule has 4 N–H and O–H groups in total. The summed E-state index contributed by atoms with van der Waals surface area (Å²) in [6.45, 7) is 2.33. The Morgan fingerprint density at radius 1 is 0.231 bits per heavy atom. The smallest absolute Gasteiger partial charge is 0.463 e. The maximum absolute atomic E-state index is 13.1. The second-order valence-electron chi connectivity index (χ2n) is 30.7. The van der Waals surface area contributed by atoms with E-state index < -0.39 is 91.5 Å². The molecule has 0 aromatic rings. The van der Waals surface area contributed by atoms with Crippen molar-refractivity contribution >= 4 is 33.6 Å². The summed E-state index contributed by atoms with van der Waals surface area (Å²) >= 11 is 0. The average molecular weight is 1720 g/mol. The Balaban J connectivity index is 4.69. The topological polar surface area (TPSA) is 231 Å². The van der Waals surface area contributed by atoms with Gasteiger partial charge in [0.15, 0.2) is 6.10 Å². The summed E-state index contributed by atoms with van der Waals surface area (Å²) in [6.07, 6.45) is 127. The standard InChI is InChI=1S/C103H168O16P2/c1-4-7-10-13-16-19-22-25-28-31-34-37-40-43-45-47-48-50-52-54-56-59-62-65-68-71-74-77-80-83-86-89-101(106)113-92-98(104)93-115-120(109,110)116-94-99(105)95-117-121(111,112)118-97-100(119-103(108)91-88-85-82-79-76-73-70-67-64-61-58-53-42-39-36-33-30-27-24-21-18-15-12-9-6-3)96-114-102(107)90-87-84-81-78-75-72-69-66-63-60-57-55-51-49-46-44-41-38-35-32-29-26-23-20-17-14-11-8-5-2/h7-12,16-21,25-30,34-39,43-46,48,50-51,53,55,58,64,67,98-100,104-105H,4-6,13-15,22-24,31-33,40-42,47,49,52,54,56-57,59-63,65-66,68-97H2,1-3H3,(H,109,110)(H,111,112)/b10-7-,11-8-,12-9-,19-16-,20-17-,21-18-,28-25-,29-26-,30-27-,37-34-,38-35-,39-36-,45-43-,46-44-,50-48-,55-51-,58-53-,67-64-. The third-order valence-electron chi connectivity index (χ3n) is 19.2. The fourth-order valence-electron chi connectivity index (χ4n) is 12.2. The van der Waals surface area contributed by atoms with Gasteiger partial charge >= 0.3 is 33.6 Å². The second-order valence-corrected chi connectivity index (χ2v) is 33.6. The summed E-state index contributed by atoms with van der Waals surface area (Å²) in [6, 6.07) is 0. The minimum absolute atomic E-state index is 0.0780. The maximum atomic E-state index is 13.1. The molecular formula is C103H168O16P2. The van der Waals surface area contributed by atoms with E-state index in [4.69, 9.17) is 32.3 Å². The zero-order valence-electron chi connectivity index (χ0n) is 75.6. The molecule has 0 aliphatic carbocycles. The van der Waals surface area contributed by atoms with Crippen molar-refractivity contribution in [2.75, 3.05) is 39.6 Å². The maximum Gasteiger partial charge on any atom is 0.472 e. The van der Waals surface area contributed by atoms with Crippen molar-refractivity contribution in [3.05, 3.63) is 219 Å². The number of phosphoric ester groups is 2. The number of carbonyl (C=O) groups excluding carboxylic acids is 3. The largest absolute Gasteiger partial charge is 0.472 e. The summed E-state index contributed by atoms with van der Waals surface area (Å²) in [5, 5.41) is 20.8. The molecule has 0 amide bonds. The normalized spacial score (nSPS) is 14.7. The van der Waals surface area contributed by atoms with E-state index in [1.54, 1.807) is 0 Å². The van der Waals surface area contributed by atoms with Gasteiger partial charge in [-0.15, -0.1) is 0 Å². The van der Waals surface area contributed by atoms with E-state index in [-0.39, 0.29) is 19.3 Å². The number of aliphatic hydroxyl groups excluding tert-OH is 2. The number of allylic oxidation sites excluding steroid dienone is 36. The van der Waals surface area contributed by atoms with Crippen LogP contribution in [-0.4, -0.2) is 95.9 Å². The Morgan fingerprint density at radius 2 is 0.413 bits per heavy atom. The fraction of sp³-hybridized carbons (Fsp3) is 0.621. The first-order valence-electron chi connectivity index (χ1n) is 47.0. The van der Waals surface area contributed by atoms with Crippen molar-refractivity contribution < 1.29 is 75.8 Å². The predicted octanol–water partition coefficient (Wildman–Crippen LogP) is 29.3. The number of esters is 3. The van der Waals surface area contributed by atoms with Gasteiger partial charge in [0.2, 0.25) is 0 Å². The molecule has 0 saturated carbocycles. The number of rotatable bonds is 87. The van der Waals surface area contributed by atoms with Crippen LogP contribution >= 0.6 is 15.6 Å². The van der Waals surface area contributed by atoms with Crippen molar-refractivity contribution in [3.63, 3.8) is 0 Å². The lowest BCUT2D eigenvalue weighted by Crippen LogP contribution is -2.30. The minimum atomic E-state index is -4.96. The Hall–Kier alpha value is -6.13. The molecule has 0 radical (unpaired) electrons. The van der Waals surface area contributed by atoms with Crippen molar-refractivity contribution in [1.29, 1.82) is 0 Å².